The van der Waals surface area contributed by atoms with Crippen molar-refractivity contribution in [1.82, 2.24) is 9.55 Å². The highest BCUT2D eigenvalue weighted by Crippen LogP contribution is 2.39. The number of hydrogen-bond donors (Lipinski definition) is 1. The molecule has 0 aliphatic carbocycles. The number of pyridine rings is 1. The van der Waals surface area contributed by atoms with Crippen molar-refractivity contribution in [3.8, 4) is 28.7 Å². The average molecular weight is 386 g/mol. The highest BCUT2D eigenvalue weighted by Gasteiger charge is 2.16. The molecular formula is C22H15FN4O2. The molecule has 1 N–H and O–H groups in total. The van der Waals surface area contributed by atoms with Gasteiger partial charge >= 0.3 is 0 Å². The molecule has 4 aromatic rings. The first kappa shape index (κ1) is 18.2. The first-order valence-electron chi connectivity index (χ1n) is 8.67. The van der Waals surface area contributed by atoms with Crippen LogP contribution in [0.3, 0.4) is 0 Å². The van der Waals surface area contributed by atoms with E-state index in [0.717, 1.165) is 11.6 Å². The first-order chi connectivity index (χ1) is 14.0. The number of benzene rings is 2. The predicted octanol–water partition coefficient (Wildman–Crippen LogP) is 4.67. The molecule has 0 amide bonds. The summed E-state index contributed by atoms with van der Waals surface area (Å²) >= 11 is 0. The van der Waals surface area contributed by atoms with Crippen LogP contribution in [-0.2, 0) is 7.05 Å². The summed E-state index contributed by atoms with van der Waals surface area (Å²) in [6.07, 6.45) is 3.38. The second kappa shape index (κ2) is 7.09. The number of aryl methyl sites for hydroxylation is 1. The Balaban J connectivity index is 1.92. The molecule has 0 unspecified atom stereocenters. The molecular weight excluding hydrogens is 371 g/mol. The standard InChI is InChI=1S/C22H15FN4O2/c1-25-14-4-6-19(29-20-5-3-13(11-24)9-18(20)23)16(10-14)17-12-27(2)22(28)21-15(17)7-8-26-21/h3-10,12,26H,1H2,2H3. The molecule has 6 nitrogen and oxygen atoms in total. The van der Waals surface area contributed by atoms with Gasteiger partial charge in [-0.2, -0.15) is 5.26 Å². The lowest BCUT2D eigenvalue weighted by molar-refractivity contribution is 0.443. The van der Waals surface area contributed by atoms with Crippen LogP contribution in [0.1, 0.15) is 5.56 Å². The van der Waals surface area contributed by atoms with Gasteiger partial charge in [0.15, 0.2) is 11.6 Å². The topological polar surface area (TPSA) is 83.2 Å². The van der Waals surface area contributed by atoms with Crippen molar-refractivity contribution >= 4 is 23.3 Å². The summed E-state index contributed by atoms with van der Waals surface area (Å²) in [7, 11) is 1.66. The summed E-state index contributed by atoms with van der Waals surface area (Å²) in [4.78, 5) is 19.3. The van der Waals surface area contributed by atoms with Crippen LogP contribution in [0.5, 0.6) is 11.5 Å². The normalized spacial score (nSPS) is 10.7. The SMILES string of the molecule is C=Nc1ccc(Oc2ccc(C#N)cc2F)c(-c2cn(C)c(=O)c3[nH]ccc23)c1. The molecule has 2 aromatic carbocycles. The molecule has 0 atom stereocenters. The second-order valence-corrected chi connectivity index (χ2v) is 6.42. The monoisotopic (exact) mass is 386 g/mol. The average Bonchev–Trinajstić information content (AvgIpc) is 3.22. The van der Waals surface area contributed by atoms with Crippen LogP contribution in [0.15, 0.2) is 64.6 Å². The van der Waals surface area contributed by atoms with Crippen molar-refractivity contribution in [3.63, 3.8) is 0 Å². The molecule has 0 aliphatic rings. The Morgan fingerprint density at radius 1 is 1.17 bits per heavy atom. The number of aromatic nitrogens is 2. The minimum Gasteiger partial charge on any atom is -0.454 e. The molecule has 0 saturated heterocycles. The van der Waals surface area contributed by atoms with E-state index in [0.29, 0.717) is 27.9 Å². The summed E-state index contributed by atoms with van der Waals surface area (Å²) in [5.74, 6) is -0.282. The highest BCUT2D eigenvalue weighted by molar-refractivity contribution is 5.96. The minimum absolute atomic E-state index is 0.0142. The molecule has 0 bridgehead atoms. The van der Waals surface area contributed by atoms with Crippen LogP contribution in [0.25, 0.3) is 22.0 Å². The molecule has 0 aliphatic heterocycles. The van der Waals surface area contributed by atoms with Crippen LogP contribution in [0.4, 0.5) is 10.1 Å². The maximum atomic E-state index is 14.4. The second-order valence-electron chi connectivity index (χ2n) is 6.42. The minimum atomic E-state index is -0.645. The van der Waals surface area contributed by atoms with Crippen molar-refractivity contribution in [3.05, 3.63) is 76.6 Å². The lowest BCUT2D eigenvalue weighted by Crippen LogP contribution is -2.16. The zero-order valence-electron chi connectivity index (χ0n) is 15.4. The summed E-state index contributed by atoms with van der Waals surface area (Å²) in [5.41, 5.74) is 2.44. The molecule has 29 heavy (non-hydrogen) atoms. The van der Waals surface area contributed by atoms with Crippen molar-refractivity contribution < 1.29 is 9.13 Å². The number of H-pyrrole nitrogens is 1. The van der Waals surface area contributed by atoms with Gasteiger partial charge < -0.3 is 14.3 Å². The molecule has 0 spiro atoms. The zero-order valence-corrected chi connectivity index (χ0v) is 15.4. The van der Waals surface area contributed by atoms with Crippen LogP contribution < -0.4 is 10.3 Å². The van der Waals surface area contributed by atoms with Gasteiger partial charge in [-0.1, -0.05) is 0 Å². The van der Waals surface area contributed by atoms with Crippen LogP contribution >= 0.6 is 0 Å². The Bertz CT molecular complexity index is 1360. The molecule has 4 rings (SSSR count). The Kier molecular flexibility index (Phi) is 4.45. The van der Waals surface area contributed by atoms with E-state index in [4.69, 9.17) is 10.00 Å². The van der Waals surface area contributed by atoms with Gasteiger partial charge in [0.2, 0.25) is 0 Å². The Hall–Kier alpha value is -4.18. The third-order valence-electron chi connectivity index (χ3n) is 4.61. The van der Waals surface area contributed by atoms with Crippen molar-refractivity contribution in [2.45, 2.75) is 0 Å². The fourth-order valence-electron chi connectivity index (χ4n) is 3.17. The van der Waals surface area contributed by atoms with Gasteiger partial charge in [-0.3, -0.25) is 9.79 Å². The van der Waals surface area contributed by atoms with Crippen molar-refractivity contribution in [1.29, 1.82) is 5.26 Å². The first-order valence-corrected chi connectivity index (χ1v) is 8.67. The van der Waals surface area contributed by atoms with Crippen molar-refractivity contribution in [2.75, 3.05) is 0 Å². The van der Waals surface area contributed by atoms with Crippen molar-refractivity contribution in [2.24, 2.45) is 12.0 Å². The highest BCUT2D eigenvalue weighted by atomic mass is 19.1. The molecule has 142 valence electrons. The zero-order chi connectivity index (χ0) is 20.5. The van der Waals surface area contributed by atoms with E-state index < -0.39 is 5.82 Å². The Morgan fingerprint density at radius 2 is 1.97 bits per heavy atom. The lowest BCUT2D eigenvalue weighted by Gasteiger charge is -2.14. The van der Waals surface area contributed by atoms with E-state index >= 15 is 0 Å². The fourth-order valence-corrected chi connectivity index (χ4v) is 3.17. The fraction of sp³-hybridized carbons (Fsp3) is 0.0455. The Labute approximate surface area is 165 Å². The number of rotatable bonds is 4. The molecule has 0 fully saturated rings. The van der Waals surface area contributed by atoms with Gasteiger partial charge in [0.1, 0.15) is 11.3 Å². The number of nitrogens with one attached hydrogen (secondary N) is 1. The van der Waals surface area contributed by atoms with Crippen LogP contribution in [-0.4, -0.2) is 16.3 Å². The van der Waals surface area contributed by atoms with Crippen LogP contribution in [0, 0.1) is 17.1 Å². The largest absolute Gasteiger partial charge is 0.454 e. The summed E-state index contributed by atoms with van der Waals surface area (Å²) in [6, 6.07) is 12.8. The van der Waals surface area contributed by atoms with Gasteiger partial charge in [0.05, 0.1) is 17.3 Å². The summed E-state index contributed by atoms with van der Waals surface area (Å²) in [5, 5.41) is 9.62. The maximum absolute atomic E-state index is 14.4. The summed E-state index contributed by atoms with van der Waals surface area (Å²) < 4.78 is 21.7. The number of aromatic amines is 1. The Morgan fingerprint density at radius 3 is 2.69 bits per heavy atom. The van der Waals surface area contributed by atoms with Gasteiger partial charge in [-0.05, 0) is 49.2 Å². The molecule has 2 heterocycles. The third-order valence-corrected chi connectivity index (χ3v) is 4.61. The van der Waals surface area contributed by atoms with E-state index in [1.807, 2.05) is 6.07 Å². The molecule has 7 heteroatoms. The molecule has 0 saturated carbocycles. The van der Waals surface area contributed by atoms with Gasteiger partial charge in [0, 0.05) is 36.0 Å². The van der Waals surface area contributed by atoms with E-state index in [1.165, 1.54) is 16.7 Å². The maximum Gasteiger partial charge on any atom is 0.274 e. The number of aliphatic imine (C=N–C) groups is 1. The van der Waals surface area contributed by atoms with E-state index in [-0.39, 0.29) is 16.9 Å². The predicted molar refractivity (Wildman–Crippen MR) is 109 cm³/mol. The van der Waals surface area contributed by atoms with E-state index in [2.05, 4.69) is 16.7 Å². The number of fused-ring (bicyclic) bond motifs is 1. The smallest absolute Gasteiger partial charge is 0.274 e. The quantitative estimate of drug-likeness (QED) is 0.518. The van der Waals surface area contributed by atoms with Crippen LogP contribution in [0.2, 0.25) is 0 Å². The number of ether oxygens (including phenoxy) is 1. The third kappa shape index (κ3) is 3.17. The number of hydrogen-bond acceptors (Lipinski definition) is 4. The number of nitrogens with zero attached hydrogens (tertiary/aromatic N) is 3. The lowest BCUT2D eigenvalue weighted by atomic mass is 10.0. The van der Waals surface area contributed by atoms with E-state index in [9.17, 15) is 9.18 Å². The number of nitriles is 1. The van der Waals surface area contributed by atoms with Gasteiger partial charge in [0.25, 0.3) is 5.56 Å². The van der Waals surface area contributed by atoms with Gasteiger partial charge in [-0.25, -0.2) is 4.39 Å². The number of halogens is 1. The molecule has 0 radical (unpaired) electrons. The van der Waals surface area contributed by atoms with Gasteiger partial charge in [-0.15, -0.1) is 0 Å². The van der Waals surface area contributed by atoms with E-state index in [1.54, 1.807) is 43.7 Å². The molecule has 2 aromatic heterocycles. The summed E-state index contributed by atoms with van der Waals surface area (Å²) in [6.45, 7) is 3.55.